The lowest BCUT2D eigenvalue weighted by Gasteiger charge is -2.32. The number of hydrazone groups is 1. The first kappa shape index (κ1) is 35.2. The molecule has 5 rings (SSSR count). The van der Waals surface area contributed by atoms with Gasteiger partial charge in [-0.05, 0) is 60.9 Å². The quantitative estimate of drug-likeness (QED) is 0.0536. The number of nitro groups is 1. The summed E-state index contributed by atoms with van der Waals surface area (Å²) in [6, 6.07) is 28.1. The molecule has 0 aromatic heterocycles. The molecule has 13 nitrogen and oxygen atoms in total. The molecule has 4 aromatic carbocycles. The smallest absolute Gasteiger partial charge is 0.342 e. The average molecular weight is 680 g/mol. The van der Waals surface area contributed by atoms with Gasteiger partial charge in [0.15, 0.2) is 6.61 Å². The van der Waals surface area contributed by atoms with Gasteiger partial charge in [-0.25, -0.2) is 10.3 Å². The van der Waals surface area contributed by atoms with Gasteiger partial charge in [-0.1, -0.05) is 66.7 Å². The number of benzene rings is 4. The van der Waals surface area contributed by atoms with Gasteiger partial charge in [0.05, 0.1) is 25.6 Å². The summed E-state index contributed by atoms with van der Waals surface area (Å²) in [7, 11) is 1.55. The van der Waals surface area contributed by atoms with Crippen molar-refractivity contribution in [2.24, 2.45) is 5.10 Å². The minimum atomic E-state index is -2.10. The Hall–Kier alpha value is -6.08. The summed E-state index contributed by atoms with van der Waals surface area (Å²) in [6.07, 6.45) is 1.81. The van der Waals surface area contributed by atoms with Gasteiger partial charge < -0.3 is 19.5 Å². The summed E-state index contributed by atoms with van der Waals surface area (Å²) in [6.45, 7) is 1.29. The van der Waals surface area contributed by atoms with Gasteiger partial charge in [0.2, 0.25) is 17.4 Å². The van der Waals surface area contributed by atoms with Crippen LogP contribution in [0.3, 0.4) is 0 Å². The molecular formula is C37H37N5O8. The molecular weight excluding hydrogens is 642 g/mol. The Balaban J connectivity index is 1.51. The molecule has 0 radical (unpaired) electrons. The third-order valence-electron chi connectivity index (χ3n) is 8.17. The van der Waals surface area contributed by atoms with E-state index in [4.69, 9.17) is 14.2 Å². The predicted octanol–water partition coefficient (Wildman–Crippen LogP) is 5.10. The molecule has 2 unspecified atom stereocenters. The van der Waals surface area contributed by atoms with Crippen LogP contribution in [0.1, 0.15) is 45.2 Å². The predicted molar refractivity (Wildman–Crippen MR) is 186 cm³/mol. The SMILES string of the molecule is CCOC(=O)C1(C(=O)c2cccc(OCC(CCc3ccccc3)[N+](=O)[O-])c2NC(=O)c2ccccc2)C=NNN1Cc1ccc(OC)cc1. The van der Waals surface area contributed by atoms with Crippen LogP contribution in [-0.2, 0) is 22.5 Å². The molecule has 4 aromatic rings. The second-order valence-electron chi connectivity index (χ2n) is 11.4. The molecule has 0 aliphatic carbocycles. The largest absolute Gasteiger partial charge is 0.497 e. The number of anilines is 1. The average Bonchev–Trinajstić information content (AvgIpc) is 3.57. The minimum absolute atomic E-state index is 0.00954. The van der Waals surface area contributed by atoms with Gasteiger partial charge in [-0.15, -0.1) is 0 Å². The zero-order valence-electron chi connectivity index (χ0n) is 27.6. The number of hydrazine groups is 1. The normalized spacial score (nSPS) is 15.8. The number of nitrogens with one attached hydrogen (secondary N) is 2. The summed E-state index contributed by atoms with van der Waals surface area (Å²) < 4.78 is 16.7. The van der Waals surface area contributed by atoms with Gasteiger partial charge in [-0.3, -0.25) is 19.7 Å². The van der Waals surface area contributed by atoms with Crippen LogP contribution in [0.5, 0.6) is 11.5 Å². The van der Waals surface area contributed by atoms with Crippen LogP contribution in [0, 0.1) is 10.1 Å². The number of Topliss-reactive ketones (excluding diaryl/α,β-unsaturated/α-hetero) is 1. The lowest BCUT2D eigenvalue weighted by Crippen LogP contribution is -2.61. The number of hydrogen-bond acceptors (Lipinski definition) is 11. The van der Waals surface area contributed by atoms with E-state index in [1.54, 1.807) is 68.6 Å². The van der Waals surface area contributed by atoms with Gasteiger partial charge >= 0.3 is 5.97 Å². The number of aryl methyl sites for hydroxylation is 1. The van der Waals surface area contributed by atoms with E-state index >= 15 is 0 Å². The molecule has 0 saturated heterocycles. The van der Waals surface area contributed by atoms with Crippen molar-refractivity contribution >= 4 is 29.6 Å². The van der Waals surface area contributed by atoms with Crippen molar-refractivity contribution in [3.05, 3.63) is 135 Å². The molecule has 1 heterocycles. The Morgan fingerprint density at radius 3 is 2.30 bits per heavy atom. The summed E-state index contributed by atoms with van der Waals surface area (Å²) in [5.41, 5.74) is 2.44. The van der Waals surface area contributed by atoms with Crippen molar-refractivity contribution in [2.75, 3.05) is 25.6 Å². The van der Waals surface area contributed by atoms with Crippen LogP contribution >= 0.6 is 0 Å². The number of esters is 1. The Kier molecular flexibility index (Phi) is 11.5. The van der Waals surface area contributed by atoms with Crippen LogP contribution in [0.4, 0.5) is 5.69 Å². The Morgan fingerprint density at radius 1 is 0.940 bits per heavy atom. The zero-order valence-corrected chi connectivity index (χ0v) is 27.6. The zero-order chi connectivity index (χ0) is 35.5. The van der Waals surface area contributed by atoms with E-state index in [2.05, 4.69) is 16.0 Å². The highest BCUT2D eigenvalue weighted by atomic mass is 16.6. The topological polar surface area (TPSA) is 162 Å². The summed E-state index contributed by atoms with van der Waals surface area (Å²) in [5.74, 6) is -1.60. The number of methoxy groups -OCH3 is 1. The Morgan fingerprint density at radius 2 is 1.64 bits per heavy atom. The van der Waals surface area contributed by atoms with Gasteiger partial charge in [0.1, 0.15) is 11.5 Å². The molecule has 13 heteroatoms. The maximum atomic E-state index is 14.8. The second kappa shape index (κ2) is 16.3. The summed E-state index contributed by atoms with van der Waals surface area (Å²) in [5, 5.41) is 20.3. The van der Waals surface area contributed by atoms with Crippen LogP contribution in [0.2, 0.25) is 0 Å². The van der Waals surface area contributed by atoms with Crippen LogP contribution < -0.4 is 20.3 Å². The van der Waals surface area contributed by atoms with E-state index in [1.807, 2.05) is 30.3 Å². The van der Waals surface area contributed by atoms with E-state index in [-0.39, 0.29) is 48.7 Å². The maximum absolute atomic E-state index is 14.8. The van der Waals surface area contributed by atoms with Crippen molar-refractivity contribution in [3.8, 4) is 11.5 Å². The Labute approximate surface area is 289 Å². The third-order valence-corrected chi connectivity index (χ3v) is 8.17. The number of carbonyl (C=O) groups is 3. The van der Waals surface area contributed by atoms with Gasteiger partial charge in [0, 0.05) is 29.0 Å². The fourth-order valence-corrected chi connectivity index (χ4v) is 5.46. The first-order valence-corrected chi connectivity index (χ1v) is 16.0. The first-order valence-electron chi connectivity index (χ1n) is 16.0. The highest BCUT2D eigenvalue weighted by Gasteiger charge is 2.55. The first-order chi connectivity index (χ1) is 24.3. The number of rotatable bonds is 16. The van der Waals surface area contributed by atoms with Crippen molar-refractivity contribution < 1.29 is 33.5 Å². The molecule has 1 aliphatic rings. The molecule has 0 fully saturated rings. The molecule has 50 heavy (non-hydrogen) atoms. The van der Waals surface area contributed by atoms with E-state index in [9.17, 15) is 24.5 Å². The number of nitrogens with zero attached hydrogens (tertiary/aromatic N) is 3. The number of ether oxygens (including phenoxy) is 3. The summed E-state index contributed by atoms with van der Waals surface area (Å²) >= 11 is 0. The highest BCUT2D eigenvalue weighted by molar-refractivity contribution is 6.30. The molecule has 258 valence electrons. The standard InChI is InChI=1S/C37H37N5O8/c1-3-49-36(45)37(25-38-40-41(37)23-27-18-21-30(48-2)22-19-27)34(43)31-15-10-16-32(33(31)39-35(44)28-13-8-5-9-14-28)50-24-29(42(46)47)20-17-26-11-6-4-7-12-26/h4-16,18-19,21-22,25,29,40H,3,17,20,23-24H2,1-2H3,(H,39,44). The van der Waals surface area contributed by atoms with Crippen molar-refractivity contribution in [2.45, 2.75) is 37.9 Å². The molecule has 0 saturated carbocycles. The number of carbonyl (C=O) groups excluding carboxylic acids is 3. The van der Waals surface area contributed by atoms with Crippen LogP contribution in [-0.4, -0.2) is 65.7 Å². The number of ketones is 1. The number of amides is 1. The van der Waals surface area contributed by atoms with E-state index in [0.29, 0.717) is 12.2 Å². The van der Waals surface area contributed by atoms with Crippen LogP contribution in [0.25, 0.3) is 0 Å². The Bertz CT molecular complexity index is 1840. The van der Waals surface area contributed by atoms with Crippen LogP contribution in [0.15, 0.2) is 108 Å². The third kappa shape index (κ3) is 7.96. The van der Waals surface area contributed by atoms with E-state index in [1.165, 1.54) is 29.4 Å². The van der Waals surface area contributed by atoms with E-state index in [0.717, 1.165) is 11.1 Å². The summed E-state index contributed by atoms with van der Waals surface area (Å²) in [4.78, 5) is 53.7. The molecule has 0 spiro atoms. The molecule has 0 bridgehead atoms. The van der Waals surface area contributed by atoms with E-state index < -0.39 is 34.2 Å². The maximum Gasteiger partial charge on any atom is 0.342 e. The fraction of sp³-hybridized carbons (Fsp3) is 0.243. The minimum Gasteiger partial charge on any atom is -0.497 e. The van der Waals surface area contributed by atoms with Gasteiger partial charge in [0.25, 0.3) is 5.91 Å². The highest BCUT2D eigenvalue weighted by Crippen LogP contribution is 2.35. The lowest BCUT2D eigenvalue weighted by molar-refractivity contribution is -0.525. The van der Waals surface area contributed by atoms with Crippen molar-refractivity contribution in [1.82, 2.24) is 10.5 Å². The van der Waals surface area contributed by atoms with Crippen molar-refractivity contribution in [1.29, 1.82) is 0 Å². The number of hydrogen-bond donors (Lipinski definition) is 2. The fourth-order valence-electron chi connectivity index (χ4n) is 5.46. The number of para-hydroxylation sites is 1. The second-order valence-corrected chi connectivity index (χ2v) is 11.4. The van der Waals surface area contributed by atoms with Gasteiger partial charge in [-0.2, -0.15) is 10.1 Å². The molecule has 2 N–H and O–H groups in total. The molecule has 1 aliphatic heterocycles. The monoisotopic (exact) mass is 679 g/mol. The lowest BCUT2D eigenvalue weighted by atomic mass is 9.88. The van der Waals surface area contributed by atoms with Crippen molar-refractivity contribution in [3.63, 3.8) is 0 Å². The molecule has 1 amide bonds. The molecule has 2 atom stereocenters.